The molecule has 0 aromatic rings. The summed E-state index contributed by atoms with van der Waals surface area (Å²) in [6.45, 7) is 7.45. The number of aliphatic hydroxyl groups is 2. The SMILES string of the molecule is CCCCC(C)OC(=O)C(O)C(O)C(=O)OC(C)CCCC. The van der Waals surface area contributed by atoms with E-state index in [1.807, 2.05) is 13.8 Å². The van der Waals surface area contributed by atoms with Crippen molar-refractivity contribution in [2.45, 2.75) is 90.6 Å². The van der Waals surface area contributed by atoms with Gasteiger partial charge in [-0.3, -0.25) is 0 Å². The Morgan fingerprint density at radius 2 is 1.14 bits per heavy atom. The zero-order valence-corrected chi connectivity index (χ0v) is 14.1. The van der Waals surface area contributed by atoms with E-state index in [1.165, 1.54) is 0 Å². The van der Waals surface area contributed by atoms with Crippen LogP contribution in [0.3, 0.4) is 0 Å². The number of hydrogen-bond donors (Lipinski definition) is 2. The second-order valence-electron chi connectivity index (χ2n) is 5.67. The lowest BCUT2D eigenvalue weighted by atomic mass is 10.1. The fourth-order valence-electron chi connectivity index (χ4n) is 1.89. The maximum absolute atomic E-state index is 11.7. The first-order valence-corrected chi connectivity index (χ1v) is 8.10. The molecule has 0 amide bonds. The van der Waals surface area contributed by atoms with Gasteiger partial charge in [-0.05, 0) is 26.7 Å². The van der Waals surface area contributed by atoms with Gasteiger partial charge in [0.25, 0.3) is 0 Å². The minimum atomic E-state index is -1.92. The Bertz CT molecular complexity index is 299. The van der Waals surface area contributed by atoms with E-state index in [9.17, 15) is 19.8 Å². The summed E-state index contributed by atoms with van der Waals surface area (Å²) >= 11 is 0. The van der Waals surface area contributed by atoms with Crippen LogP contribution in [0.15, 0.2) is 0 Å². The number of hydrogen-bond acceptors (Lipinski definition) is 6. The highest BCUT2D eigenvalue weighted by atomic mass is 16.6. The summed E-state index contributed by atoms with van der Waals surface area (Å²) in [6.07, 6.45) is 0.484. The van der Waals surface area contributed by atoms with Gasteiger partial charge in [-0.25, -0.2) is 9.59 Å². The first kappa shape index (κ1) is 20.9. The Hall–Kier alpha value is -1.14. The van der Waals surface area contributed by atoms with E-state index >= 15 is 0 Å². The van der Waals surface area contributed by atoms with Crippen LogP contribution in [0.25, 0.3) is 0 Å². The van der Waals surface area contributed by atoms with Crippen LogP contribution in [0.2, 0.25) is 0 Å². The molecule has 0 bridgehead atoms. The molecular formula is C16H30O6. The first-order valence-electron chi connectivity index (χ1n) is 8.10. The van der Waals surface area contributed by atoms with E-state index < -0.39 is 24.1 Å². The van der Waals surface area contributed by atoms with Crippen molar-refractivity contribution in [3.8, 4) is 0 Å². The van der Waals surface area contributed by atoms with Gasteiger partial charge in [-0.2, -0.15) is 0 Å². The van der Waals surface area contributed by atoms with Crippen LogP contribution in [-0.2, 0) is 19.1 Å². The van der Waals surface area contributed by atoms with Crippen LogP contribution in [0.4, 0.5) is 0 Å². The van der Waals surface area contributed by atoms with Crippen molar-refractivity contribution < 1.29 is 29.3 Å². The Kier molecular flexibility index (Phi) is 10.8. The molecule has 130 valence electrons. The number of carbonyl (C=O) groups is 2. The molecule has 0 saturated carbocycles. The Morgan fingerprint density at radius 3 is 1.41 bits per heavy atom. The number of carbonyl (C=O) groups excluding carboxylic acids is 2. The van der Waals surface area contributed by atoms with Crippen molar-refractivity contribution in [1.29, 1.82) is 0 Å². The zero-order valence-electron chi connectivity index (χ0n) is 14.1. The molecule has 0 rings (SSSR count). The van der Waals surface area contributed by atoms with Crippen molar-refractivity contribution in [2.75, 3.05) is 0 Å². The van der Waals surface area contributed by atoms with Crippen LogP contribution in [0.1, 0.15) is 66.2 Å². The second-order valence-corrected chi connectivity index (χ2v) is 5.67. The number of esters is 2. The van der Waals surface area contributed by atoms with Gasteiger partial charge < -0.3 is 19.7 Å². The van der Waals surface area contributed by atoms with Gasteiger partial charge in [-0.1, -0.05) is 39.5 Å². The molecule has 2 N–H and O–H groups in total. The molecule has 4 unspecified atom stereocenters. The normalized spacial score (nSPS) is 16.5. The van der Waals surface area contributed by atoms with E-state index in [2.05, 4.69) is 0 Å². The summed E-state index contributed by atoms with van der Waals surface area (Å²) in [7, 11) is 0. The molecule has 0 aliphatic carbocycles. The molecule has 6 heteroatoms. The van der Waals surface area contributed by atoms with Crippen LogP contribution in [-0.4, -0.2) is 46.6 Å². The Balaban J connectivity index is 4.29. The lowest BCUT2D eigenvalue weighted by Crippen LogP contribution is -2.43. The van der Waals surface area contributed by atoms with E-state index in [1.54, 1.807) is 13.8 Å². The minimum absolute atomic E-state index is 0.367. The minimum Gasteiger partial charge on any atom is -0.461 e. The lowest BCUT2D eigenvalue weighted by Gasteiger charge is -2.20. The predicted molar refractivity (Wildman–Crippen MR) is 82.2 cm³/mol. The zero-order chi connectivity index (χ0) is 17.1. The summed E-state index contributed by atoms with van der Waals surface area (Å²) in [4.78, 5) is 23.4. The molecule has 0 aliphatic rings. The van der Waals surface area contributed by atoms with Gasteiger partial charge in [0.1, 0.15) is 0 Å². The number of ether oxygens (including phenoxy) is 2. The quantitative estimate of drug-likeness (QED) is 0.566. The average molecular weight is 318 g/mol. The number of aliphatic hydroxyl groups excluding tert-OH is 2. The fraction of sp³-hybridized carbons (Fsp3) is 0.875. The third-order valence-corrected chi connectivity index (χ3v) is 3.35. The standard InChI is InChI=1S/C16H30O6/c1-5-7-9-11(3)21-15(19)13(17)14(18)16(20)22-12(4)10-8-6-2/h11-14,17-18H,5-10H2,1-4H3. The van der Waals surface area contributed by atoms with Crippen molar-refractivity contribution in [3.63, 3.8) is 0 Å². The van der Waals surface area contributed by atoms with E-state index in [0.29, 0.717) is 12.8 Å². The van der Waals surface area contributed by atoms with E-state index in [0.717, 1.165) is 25.7 Å². The van der Waals surface area contributed by atoms with Crippen molar-refractivity contribution >= 4 is 11.9 Å². The third kappa shape index (κ3) is 8.34. The highest BCUT2D eigenvalue weighted by molar-refractivity contribution is 5.85. The maximum Gasteiger partial charge on any atom is 0.338 e. The monoisotopic (exact) mass is 318 g/mol. The highest BCUT2D eigenvalue weighted by Gasteiger charge is 2.34. The van der Waals surface area contributed by atoms with Crippen LogP contribution >= 0.6 is 0 Å². The molecule has 0 saturated heterocycles. The smallest absolute Gasteiger partial charge is 0.338 e. The lowest BCUT2D eigenvalue weighted by molar-refractivity contribution is -0.178. The van der Waals surface area contributed by atoms with Crippen molar-refractivity contribution in [1.82, 2.24) is 0 Å². The van der Waals surface area contributed by atoms with E-state index in [4.69, 9.17) is 9.47 Å². The second kappa shape index (κ2) is 11.4. The molecule has 0 aromatic heterocycles. The molecule has 22 heavy (non-hydrogen) atoms. The molecule has 0 aromatic carbocycles. The maximum atomic E-state index is 11.7. The third-order valence-electron chi connectivity index (χ3n) is 3.35. The molecule has 0 aliphatic heterocycles. The largest absolute Gasteiger partial charge is 0.461 e. The van der Waals surface area contributed by atoms with Crippen LogP contribution < -0.4 is 0 Å². The molecule has 6 nitrogen and oxygen atoms in total. The first-order chi connectivity index (χ1) is 10.3. The molecule has 0 radical (unpaired) electrons. The number of rotatable bonds is 11. The van der Waals surface area contributed by atoms with Gasteiger partial charge in [0.05, 0.1) is 12.2 Å². The van der Waals surface area contributed by atoms with Crippen LogP contribution in [0.5, 0.6) is 0 Å². The summed E-state index contributed by atoms with van der Waals surface area (Å²) < 4.78 is 10.00. The van der Waals surface area contributed by atoms with Gasteiger partial charge in [-0.15, -0.1) is 0 Å². The van der Waals surface area contributed by atoms with E-state index in [-0.39, 0.29) is 12.2 Å². The molecule has 0 heterocycles. The van der Waals surface area contributed by atoms with Crippen molar-refractivity contribution in [3.05, 3.63) is 0 Å². The summed E-state index contributed by atoms with van der Waals surface area (Å²) in [5.74, 6) is -2.01. The van der Waals surface area contributed by atoms with Gasteiger partial charge in [0.2, 0.25) is 0 Å². The summed E-state index contributed by atoms with van der Waals surface area (Å²) in [6, 6.07) is 0. The molecular weight excluding hydrogens is 288 g/mol. The number of unbranched alkanes of at least 4 members (excludes halogenated alkanes) is 2. The van der Waals surface area contributed by atoms with Gasteiger partial charge >= 0.3 is 11.9 Å². The van der Waals surface area contributed by atoms with Crippen LogP contribution in [0, 0.1) is 0 Å². The molecule has 0 fully saturated rings. The van der Waals surface area contributed by atoms with Gasteiger partial charge in [0, 0.05) is 0 Å². The van der Waals surface area contributed by atoms with Gasteiger partial charge in [0.15, 0.2) is 12.2 Å². The fourth-order valence-corrected chi connectivity index (χ4v) is 1.89. The Labute approximate surface area is 132 Å². The Morgan fingerprint density at radius 1 is 0.818 bits per heavy atom. The predicted octanol–water partition coefficient (Wildman–Crippen LogP) is 1.95. The molecule has 4 atom stereocenters. The average Bonchev–Trinajstić information content (AvgIpc) is 2.49. The summed E-state index contributed by atoms with van der Waals surface area (Å²) in [5.41, 5.74) is 0. The topological polar surface area (TPSA) is 93.1 Å². The summed E-state index contributed by atoms with van der Waals surface area (Å²) in [5, 5.41) is 19.4. The van der Waals surface area contributed by atoms with Crippen molar-refractivity contribution in [2.24, 2.45) is 0 Å². The molecule has 0 spiro atoms. The highest BCUT2D eigenvalue weighted by Crippen LogP contribution is 2.10.